The van der Waals surface area contributed by atoms with Gasteiger partial charge in [-0.1, -0.05) is 0 Å². The number of likely N-dealkylation sites (N-methyl/N-ethyl adjacent to an activating group) is 1. The van der Waals surface area contributed by atoms with Crippen molar-refractivity contribution in [1.82, 2.24) is 4.90 Å². The molecule has 4 atom stereocenters. The molecule has 2 N–H and O–H groups in total. The molecule has 1 aliphatic carbocycles. The highest BCUT2D eigenvalue weighted by Crippen LogP contribution is 2.46. The molecule has 2 rings (SSSR count). The van der Waals surface area contributed by atoms with Crippen LogP contribution >= 0.6 is 0 Å². The van der Waals surface area contributed by atoms with Crippen LogP contribution in [0.3, 0.4) is 0 Å². The minimum Gasteiger partial charge on any atom is -0.326 e. The summed E-state index contributed by atoms with van der Waals surface area (Å²) < 4.78 is 0. The summed E-state index contributed by atoms with van der Waals surface area (Å²) in [6.07, 6.45) is 2.89. The van der Waals surface area contributed by atoms with Crippen LogP contribution < -0.4 is 5.73 Å². The first-order chi connectivity index (χ1) is 4.72. The molecule has 1 saturated heterocycles. The van der Waals surface area contributed by atoms with Gasteiger partial charge in [0.1, 0.15) is 0 Å². The highest BCUT2D eigenvalue weighted by Gasteiger charge is 2.54. The lowest BCUT2D eigenvalue weighted by molar-refractivity contribution is 0.533. The smallest absolute Gasteiger partial charge is 0.0403 e. The van der Waals surface area contributed by atoms with Gasteiger partial charge in [0.15, 0.2) is 0 Å². The molecule has 2 fully saturated rings. The summed E-state index contributed by atoms with van der Waals surface area (Å²) in [4.78, 5) is 2.42. The fourth-order valence-corrected chi connectivity index (χ4v) is 2.12. The molecule has 0 aromatic rings. The first-order valence-corrected chi connectivity index (χ1v) is 4.19. The largest absolute Gasteiger partial charge is 0.326 e. The second-order valence-electron chi connectivity index (χ2n) is 3.84. The van der Waals surface area contributed by atoms with Gasteiger partial charge >= 0.3 is 0 Å². The molecule has 1 heterocycles. The number of hydrogen-bond acceptors (Lipinski definition) is 2. The van der Waals surface area contributed by atoms with Crippen LogP contribution in [-0.2, 0) is 0 Å². The molecule has 0 amide bonds. The van der Waals surface area contributed by atoms with E-state index in [1.54, 1.807) is 0 Å². The van der Waals surface area contributed by atoms with Crippen LogP contribution in [0.1, 0.15) is 19.8 Å². The Morgan fingerprint density at radius 2 is 2.10 bits per heavy atom. The summed E-state index contributed by atoms with van der Waals surface area (Å²) in [5.41, 5.74) is 5.80. The standard InChI is InChI=1S/C8H16N2/c1-5(9)7-8(10(7)2)6-3-4-6/h5-8H,3-4,9H2,1-2H3. The van der Waals surface area contributed by atoms with E-state index < -0.39 is 0 Å². The van der Waals surface area contributed by atoms with Gasteiger partial charge in [-0.05, 0) is 32.7 Å². The van der Waals surface area contributed by atoms with E-state index >= 15 is 0 Å². The van der Waals surface area contributed by atoms with E-state index in [4.69, 9.17) is 5.73 Å². The molecule has 1 saturated carbocycles. The van der Waals surface area contributed by atoms with E-state index in [-0.39, 0.29) is 0 Å². The Morgan fingerprint density at radius 3 is 2.40 bits per heavy atom. The van der Waals surface area contributed by atoms with Crippen molar-refractivity contribution in [1.29, 1.82) is 0 Å². The van der Waals surface area contributed by atoms with Crippen LogP contribution in [0.2, 0.25) is 0 Å². The quantitative estimate of drug-likeness (QED) is 0.563. The summed E-state index contributed by atoms with van der Waals surface area (Å²) in [5, 5.41) is 0. The maximum absolute atomic E-state index is 5.80. The molecular formula is C8H16N2. The van der Waals surface area contributed by atoms with Crippen molar-refractivity contribution < 1.29 is 0 Å². The average molecular weight is 140 g/mol. The molecule has 0 aromatic carbocycles. The van der Waals surface area contributed by atoms with Gasteiger partial charge in [0.05, 0.1) is 0 Å². The van der Waals surface area contributed by atoms with Crippen molar-refractivity contribution >= 4 is 0 Å². The van der Waals surface area contributed by atoms with Gasteiger partial charge in [-0.15, -0.1) is 0 Å². The molecule has 0 radical (unpaired) electrons. The van der Waals surface area contributed by atoms with Gasteiger partial charge in [-0.25, -0.2) is 0 Å². The van der Waals surface area contributed by atoms with Crippen molar-refractivity contribution in [2.45, 2.75) is 37.9 Å². The predicted octanol–water partition coefficient (Wildman–Crippen LogP) is 0.426. The van der Waals surface area contributed by atoms with Crippen LogP contribution in [0, 0.1) is 5.92 Å². The third-order valence-electron chi connectivity index (χ3n) is 2.84. The van der Waals surface area contributed by atoms with E-state index in [1.165, 1.54) is 12.8 Å². The number of nitrogens with zero attached hydrogens (tertiary/aromatic N) is 1. The van der Waals surface area contributed by atoms with Crippen LogP contribution in [0.4, 0.5) is 0 Å². The first-order valence-electron chi connectivity index (χ1n) is 4.19. The summed E-state index contributed by atoms with van der Waals surface area (Å²) in [5.74, 6) is 1.00. The Morgan fingerprint density at radius 1 is 1.50 bits per heavy atom. The number of hydrogen-bond donors (Lipinski definition) is 1. The number of nitrogens with two attached hydrogens (primary N) is 1. The fourth-order valence-electron chi connectivity index (χ4n) is 2.12. The Bertz CT molecular complexity index is 132. The first kappa shape index (κ1) is 6.62. The monoisotopic (exact) mass is 140 g/mol. The van der Waals surface area contributed by atoms with Crippen molar-refractivity contribution in [2.24, 2.45) is 11.7 Å². The second-order valence-corrected chi connectivity index (χ2v) is 3.84. The average Bonchev–Trinajstić information content (AvgIpc) is 2.57. The number of rotatable bonds is 2. The van der Waals surface area contributed by atoms with Crippen LogP contribution in [-0.4, -0.2) is 30.1 Å². The van der Waals surface area contributed by atoms with E-state index in [0.717, 1.165) is 12.0 Å². The summed E-state index contributed by atoms with van der Waals surface area (Å²) >= 11 is 0. The molecule has 4 unspecified atom stereocenters. The van der Waals surface area contributed by atoms with Crippen LogP contribution in [0.25, 0.3) is 0 Å². The van der Waals surface area contributed by atoms with E-state index in [9.17, 15) is 0 Å². The fraction of sp³-hybridized carbons (Fsp3) is 1.00. The predicted molar refractivity (Wildman–Crippen MR) is 41.7 cm³/mol. The van der Waals surface area contributed by atoms with Crippen molar-refractivity contribution in [2.75, 3.05) is 7.05 Å². The van der Waals surface area contributed by atoms with Gasteiger partial charge in [-0.3, -0.25) is 4.90 Å². The Hall–Kier alpha value is -0.0800. The maximum Gasteiger partial charge on any atom is 0.0403 e. The van der Waals surface area contributed by atoms with Gasteiger partial charge in [0.25, 0.3) is 0 Å². The molecule has 2 nitrogen and oxygen atoms in total. The van der Waals surface area contributed by atoms with E-state index in [1.807, 2.05) is 0 Å². The maximum atomic E-state index is 5.80. The minimum absolute atomic E-state index is 0.371. The van der Waals surface area contributed by atoms with Crippen LogP contribution in [0.5, 0.6) is 0 Å². The summed E-state index contributed by atoms with van der Waals surface area (Å²) in [7, 11) is 2.19. The van der Waals surface area contributed by atoms with Gasteiger partial charge in [0.2, 0.25) is 0 Å². The Balaban J connectivity index is 1.90. The van der Waals surface area contributed by atoms with Gasteiger partial charge < -0.3 is 5.73 Å². The van der Waals surface area contributed by atoms with Crippen LogP contribution in [0.15, 0.2) is 0 Å². The molecule has 58 valence electrons. The van der Waals surface area contributed by atoms with Crippen molar-refractivity contribution in [3.63, 3.8) is 0 Å². The molecule has 0 spiro atoms. The normalized spacial score (nSPS) is 48.9. The minimum atomic E-state index is 0.371. The van der Waals surface area contributed by atoms with Crippen molar-refractivity contribution in [3.05, 3.63) is 0 Å². The molecular weight excluding hydrogens is 124 g/mol. The zero-order chi connectivity index (χ0) is 7.30. The zero-order valence-electron chi connectivity index (χ0n) is 6.75. The SMILES string of the molecule is CC(N)C1C(C2CC2)N1C. The Kier molecular flexibility index (Phi) is 1.29. The highest BCUT2D eigenvalue weighted by atomic mass is 15.4. The molecule has 2 aliphatic rings. The topological polar surface area (TPSA) is 29.0 Å². The molecule has 0 bridgehead atoms. The van der Waals surface area contributed by atoms with E-state index in [0.29, 0.717) is 12.1 Å². The lowest BCUT2D eigenvalue weighted by Crippen LogP contribution is -2.25. The lowest BCUT2D eigenvalue weighted by Gasteiger charge is -1.99. The summed E-state index contributed by atoms with van der Waals surface area (Å²) in [6, 6.07) is 1.92. The van der Waals surface area contributed by atoms with Gasteiger partial charge in [0, 0.05) is 18.1 Å². The van der Waals surface area contributed by atoms with E-state index in [2.05, 4.69) is 18.9 Å². The molecule has 0 aromatic heterocycles. The third kappa shape index (κ3) is 0.867. The molecule has 10 heavy (non-hydrogen) atoms. The Labute approximate surface area is 62.4 Å². The molecule has 2 heteroatoms. The van der Waals surface area contributed by atoms with Gasteiger partial charge in [-0.2, -0.15) is 0 Å². The lowest BCUT2D eigenvalue weighted by atomic mass is 10.1. The highest BCUT2D eigenvalue weighted by molar-refractivity contribution is 5.10. The second kappa shape index (κ2) is 1.95. The summed E-state index contributed by atoms with van der Waals surface area (Å²) in [6.45, 7) is 2.11. The van der Waals surface area contributed by atoms with Crippen molar-refractivity contribution in [3.8, 4) is 0 Å². The zero-order valence-corrected chi connectivity index (χ0v) is 6.75. The third-order valence-corrected chi connectivity index (χ3v) is 2.84. The molecule has 1 aliphatic heterocycles.